The van der Waals surface area contributed by atoms with Gasteiger partial charge in [-0.1, -0.05) is 0 Å². The Labute approximate surface area is 229 Å². The molecule has 13 heteroatoms. The molecule has 36 heavy (non-hydrogen) atoms. The van der Waals surface area contributed by atoms with E-state index in [1.54, 1.807) is 6.20 Å². The molecular weight excluding hydrogens is 481 g/mol. The van der Waals surface area contributed by atoms with E-state index in [1.807, 2.05) is 4.90 Å². The average molecular weight is 509 g/mol. The summed E-state index contributed by atoms with van der Waals surface area (Å²) in [6.07, 6.45) is 2.26. The van der Waals surface area contributed by atoms with Gasteiger partial charge in [0.2, 0.25) is 5.91 Å². The zero-order chi connectivity index (χ0) is 24.9. The fraction of sp³-hybridized carbons (Fsp3) is 0.478. The normalized spacial score (nSPS) is 16.9. The van der Waals surface area contributed by atoms with Gasteiger partial charge in [-0.25, -0.2) is 4.79 Å². The molecule has 1 aromatic heterocycles. The maximum absolute atomic E-state index is 12.6. The molecular formula is C23H28N5NaO7. The molecule has 2 aromatic rings. The Kier molecular flexibility index (Phi) is 9.88. The topological polar surface area (TPSA) is 158 Å². The Morgan fingerprint density at radius 2 is 1.72 bits per heavy atom. The number of nitrogens with zero attached hydrogens (tertiary/aromatic N) is 3. The fourth-order valence-corrected chi connectivity index (χ4v) is 4.44. The predicted molar refractivity (Wildman–Crippen MR) is 123 cm³/mol. The number of piperazine rings is 1. The van der Waals surface area contributed by atoms with E-state index in [0.29, 0.717) is 63.3 Å². The van der Waals surface area contributed by atoms with Crippen LogP contribution in [-0.4, -0.2) is 108 Å². The van der Waals surface area contributed by atoms with Crippen molar-refractivity contribution in [1.82, 2.24) is 19.7 Å². The third-order valence-electron chi connectivity index (χ3n) is 6.43. The van der Waals surface area contributed by atoms with Crippen LogP contribution in [0.15, 0.2) is 18.3 Å². The minimum absolute atomic E-state index is 0. The van der Waals surface area contributed by atoms with Crippen molar-refractivity contribution in [1.29, 1.82) is 0 Å². The molecule has 3 heterocycles. The van der Waals surface area contributed by atoms with Gasteiger partial charge in [0.05, 0.1) is 24.5 Å². The smallest absolute Gasteiger partial charge is 0.540 e. The van der Waals surface area contributed by atoms with E-state index in [1.165, 1.54) is 12.1 Å². The summed E-state index contributed by atoms with van der Waals surface area (Å²) in [5, 5.41) is 23.0. The van der Waals surface area contributed by atoms with Crippen LogP contribution in [0.1, 0.15) is 22.3 Å². The molecule has 2 aliphatic rings. The quantitative estimate of drug-likeness (QED) is 0.249. The number of aromatic nitrogens is 1. The fourth-order valence-electron chi connectivity index (χ4n) is 4.44. The van der Waals surface area contributed by atoms with Crippen molar-refractivity contribution in [3.05, 3.63) is 29.5 Å². The second-order valence-electron chi connectivity index (χ2n) is 8.66. The molecule has 0 spiro atoms. The molecule has 12 nitrogen and oxygen atoms in total. The number of H-pyrrole nitrogens is 1. The minimum atomic E-state index is -1.95. The summed E-state index contributed by atoms with van der Waals surface area (Å²) >= 11 is 0. The van der Waals surface area contributed by atoms with Gasteiger partial charge in [0, 0.05) is 75.9 Å². The van der Waals surface area contributed by atoms with Gasteiger partial charge in [-0.05, 0) is 17.7 Å². The third kappa shape index (κ3) is 6.84. The first-order valence-electron chi connectivity index (χ1n) is 11.5. The van der Waals surface area contributed by atoms with Gasteiger partial charge in [-0.15, -0.1) is 0 Å². The molecule has 0 atom stereocenters. The number of aromatic carboxylic acids is 1. The Bertz CT molecular complexity index is 1120. The van der Waals surface area contributed by atoms with Crippen LogP contribution in [-0.2, 0) is 25.7 Å². The molecule has 3 N–H and O–H groups in total. The minimum Gasteiger partial charge on any atom is -0.540 e. The molecule has 4 rings (SSSR count). The van der Waals surface area contributed by atoms with Crippen LogP contribution in [0.3, 0.4) is 0 Å². The second kappa shape index (κ2) is 12.7. The third-order valence-corrected chi connectivity index (χ3v) is 6.43. The molecule has 0 bridgehead atoms. The number of ether oxygens (including phenoxy) is 1. The van der Waals surface area contributed by atoms with Crippen LogP contribution in [0.25, 0.3) is 10.9 Å². The van der Waals surface area contributed by atoms with E-state index in [0.717, 1.165) is 25.2 Å². The largest absolute Gasteiger partial charge is 1.00 e. The van der Waals surface area contributed by atoms with Crippen LogP contribution in [0, 0.1) is 0 Å². The number of aromatic amines is 1. The molecule has 2 saturated heterocycles. The number of rotatable bonds is 7. The van der Waals surface area contributed by atoms with E-state index in [9.17, 15) is 29.4 Å². The second-order valence-corrected chi connectivity index (χ2v) is 8.66. The van der Waals surface area contributed by atoms with E-state index in [2.05, 4.69) is 20.1 Å². The van der Waals surface area contributed by atoms with Crippen molar-refractivity contribution in [2.24, 2.45) is 0 Å². The van der Waals surface area contributed by atoms with E-state index >= 15 is 0 Å². The first-order valence-corrected chi connectivity index (χ1v) is 11.5. The summed E-state index contributed by atoms with van der Waals surface area (Å²) in [6.45, 7) is 7.10. The summed E-state index contributed by atoms with van der Waals surface area (Å²) < 4.78 is 5.34. The number of morpholine rings is 1. The van der Waals surface area contributed by atoms with Crippen LogP contribution < -0.4 is 40.0 Å². The number of carbonyl (C=O) groups excluding carboxylic acids is 3. The zero-order valence-corrected chi connectivity index (χ0v) is 22.2. The maximum Gasteiger partial charge on any atom is 1.00 e. The number of anilines is 1. The number of carboxylic acid groups (broad SMARTS) is 2. The zero-order valence-electron chi connectivity index (χ0n) is 20.2. The number of hydrogen-bond donors (Lipinski definition) is 3. The van der Waals surface area contributed by atoms with Gasteiger partial charge in [0.25, 0.3) is 5.91 Å². The van der Waals surface area contributed by atoms with E-state index in [4.69, 9.17) is 4.74 Å². The number of benzene rings is 1. The molecule has 2 aliphatic heterocycles. The predicted octanol–water partition coefficient (Wildman–Crippen LogP) is -4.07. The Hall–Kier alpha value is -2.48. The van der Waals surface area contributed by atoms with Crippen LogP contribution in [0.2, 0.25) is 0 Å². The molecule has 0 saturated carbocycles. The summed E-state index contributed by atoms with van der Waals surface area (Å²) in [4.78, 5) is 55.9. The van der Waals surface area contributed by atoms with E-state index in [-0.39, 0.29) is 46.7 Å². The summed E-state index contributed by atoms with van der Waals surface area (Å²) in [6, 6.07) is 2.81. The number of hydrogen-bond acceptors (Lipinski definition) is 8. The van der Waals surface area contributed by atoms with Crippen molar-refractivity contribution in [3.63, 3.8) is 0 Å². The first kappa shape index (κ1) is 28.1. The summed E-state index contributed by atoms with van der Waals surface area (Å²) in [5.41, 5.74) is 1.09. The van der Waals surface area contributed by atoms with Gasteiger partial charge < -0.3 is 34.9 Å². The van der Waals surface area contributed by atoms with Gasteiger partial charge in [-0.2, -0.15) is 0 Å². The Balaban J connectivity index is 0.00000361. The van der Waals surface area contributed by atoms with E-state index < -0.39 is 17.8 Å². The molecule has 1 aromatic carbocycles. The van der Waals surface area contributed by atoms with Crippen molar-refractivity contribution >= 4 is 40.3 Å². The molecule has 0 unspecified atom stereocenters. The monoisotopic (exact) mass is 509 g/mol. The van der Waals surface area contributed by atoms with Crippen molar-refractivity contribution in [3.8, 4) is 0 Å². The van der Waals surface area contributed by atoms with Gasteiger partial charge >= 0.3 is 35.5 Å². The SMILES string of the molecule is O=C([O-])C(=O)Nc1cc2[nH]cc(CN3CCN(C(=O)CCN4CCOCC4)CC3)c2cc1C(=O)O.[Na+]. The number of aliphatic carboxylic acids is 1. The van der Waals surface area contributed by atoms with Crippen LogP contribution in [0.4, 0.5) is 5.69 Å². The van der Waals surface area contributed by atoms with Crippen LogP contribution >= 0.6 is 0 Å². The molecule has 2 fully saturated rings. The molecule has 2 amide bonds. The number of fused-ring (bicyclic) bond motifs is 1. The Morgan fingerprint density at radius 1 is 1.03 bits per heavy atom. The molecule has 0 radical (unpaired) electrons. The maximum atomic E-state index is 12.6. The van der Waals surface area contributed by atoms with Crippen LogP contribution in [0.5, 0.6) is 0 Å². The van der Waals surface area contributed by atoms with Crippen molar-refractivity contribution < 1.29 is 63.7 Å². The Morgan fingerprint density at radius 3 is 2.36 bits per heavy atom. The van der Waals surface area contributed by atoms with Gasteiger partial charge in [-0.3, -0.25) is 19.4 Å². The number of nitrogens with one attached hydrogen (secondary N) is 2. The van der Waals surface area contributed by atoms with Crippen molar-refractivity contribution in [2.45, 2.75) is 13.0 Å². The van der Waals surface area contributed by atoms with Gasteiger partial charge in [0.1, 0.15) is 5.97 Å². The molecule has 0 aliphatic carbocycles. The average Bonchev–Trinajstić information content (AvgIpc) is 3.24. The first-order chi connectivity index (χ1) is 16.8. The van der Waals surface area contributed by atoms with Crippen molar-refractivity contribution in [2.75, 3.05) is 64.3 Å². The standard InChI is InChI=1S/C23H29N5O7.Na/c29-20(1-2-26-7-9-35-10-8-26)28-5-3-27(4-6-28)14-15-13-24-18-12-19(25-21(30)23(33)34)17(22(31)32)11-16(15)18;/h11-13,24H,1-10,14H2,(H,25,30)(H,31,32)(H,33,34);/q;+1/p-1. The number of carboxylic acids is 2. The summed E-state index contributed by atoms with van der Waals surface area (Å²) in [7, 11) is 0. The summed E-state index contributed by atoms with van der Waals surface area (Å²) in [5.74, 6) is -4.51. The molecule has 188 valence electrons. The number of amides is 2. The van der Waals surface area contributed by atoms with Gasteiger partial charge in [0.15, 0.2) is 0 Å². The number of carbonyl (C=O) groups is 4.